The van der Waals surface area contributed by atoms with E-state index < -0.39 is 0 Å². The second-order valence-electron chi connectivity index (χ2n) is 6.34. The summed E-state index contributed by atoms with van der Waals surface area (Å²) in [6.07, 6.45) is 4.31. The summed E-state index contributed by atoms with van der Waals surface area (Å²) >= 11 is 3.46. The van der Waals surface area contributed by atoms with Gasteiger partial charge in [-0.3, -0.25) is 0 Å². The van der Waals surface area contributed by atoms with Crippen molar-refractivity contribution in [1.29, 1.82) is 0 Å². The molecule has 2 aromatic heterocycles. The zero-order chi connectivity index (χ0) is 15.7. The normalized spacial score (nSPS) is 15.5. The van der Waals surface area contributed by atoms with Crippen molar-refractivity contribution in [3.05, 3.63) is 10.4 Å². The minimum atomic E-state index is 0.704. The predicted molar refractivity (Wildman–Crippen MR) is 97.2 cm³/mol. The Kier molecular flexibility index (Phi) is 4.90. The molecular formula is C16H24N4S2. The highest BCUT2D eigenvalue weighted by molar-refractivity contribution is 7.98. The van der Waals surface area contributed by atoms with Gasteiger partial charge in [-0.2, -0.15) is 0 Å². The third-order valence-electron chi connectivity index (χ3n) is 4.07. The van der Waals surface area contributed by atoms with Gasteiger partial charge in [0.15, 0.2) is 5.16 Å². The Hall–Kier alpha value is -0.850. The van der Waals surface area contributed by atoms with Gasteiger partial charge in [-0.15, -0.1) is 11.3 Å². The average molecular weight is 337 g/mol. The lowest BCUT2D eigenvalue weighted by molar-refractivity contribution is 0.318. The first-order chi connectivity index (χ1) is 10.6. The quantitative estimate of drug-likeness (QED) is 0.663. The van der Waals surface area contributed by atoms with Crippen molar-refractivity contribution in [3.8, 4) is 0 Å². The molecule has 22 heavy (non-hydrogen) atoms. The summed E-state index contributed by atoms with van der Waals surface area (Å²) in [6.45, 7) is 7.65. The van der Waals surface area contributed by atoms with Gasteiger partial charge in [-0.05, 0) is 37.6 Å². The number of anilines is 1. The van der Waals surface area contributed by atoms with E-state index >= 15 is 0 Å². The first kappa shape index (κ1) is 16.0. The van der Waals surface area contributed by atoms with Crippen molar-refractivity contribution in [2.24, 2.45) is 5.92 Å². The Bertz CT molecular complexity index is 666. The standard InChI is InChI=1S/C16H24N4S2/c1-10(2)5-7-17-14-13-11-6-8-20(3)9-12(11)22-15(13)19-16(18-14)21-4/h10H,5-9H2,1-4H3,(H,17,18,19). The Balaban J connectivity index is 2.00. The molecule has 0 bridgehead atoms. The summed E-state index contributed by atoms with van der Waals surface area (Å²) in [6, 6.07) is 0. The molecule has 0 spiro atoms. The van der Waals surface area contributed by atoms with Crippen molar-refractivity contribution in [2.45, 2.75) is 38.4 Å². The molecule has 2 aromatic rings. The molecule has 0 fully saturated rings. The molecule has 1 N–H and O–H groups in total. The number of thioether (sulfide) groups is 1. The van der Waals surface area contributed by atoms with Crippen LogP contribution in [0.3, 0.4) is 0 Å². The smallest absolute Gasteiger partial charge is 0.190 e. The van der Waals surface area contributed by atoms with Crippen LogP contribution >= 0.6 is 23.1 Å². The van der Waals surface area contributed by atoms with E-state index in [4.69, 9.17) is 9.97 Å². The molecule has 6 heteroatoms. The van der Waals surface area contributed by atoms with Crippen molar-refractivity contribution in [2.75, 3.05) is 31.7 Å². The minimum absolute atomic E-state index is 0.704. The van der Waals surface area contributed by atoms with Gasteiger partial charge in [0, 0.05) is 24.5 Å². The molecule has 1 aliphatic heterocycles. The lowest BCUT2D eigenvalue weighted by Crippen LogP contribution is -2.25. The van der Waals surface area contributed by atoms with Crippen LogP contribution < -0.4 is 5.32 Å². The number of likely N-dealkylation sites (N-methyl/N-ethyl adjacent to an activating group) is 1. The van der Waals surface area contributed by atoms with Crippen LogP contribution in [0.2, 0.25) is 0 Å². The zero-order valence-electron chi connectivity index (χ0n) is 13.8. The van der Waals surface area contributed by atoms with Crippen molar-refractivity contribution < 1.29 is 0 Å². The first-order valence-electron chi connectivity index (χ1n) is 7.87. The second-order valence-corrected chi connectivity index (χ2v) is 8.20. The fraction of sp³-hybridized carbons (Fsp3) is 0.625. The van der Waals surface area contributed by atoms with E-state index in [0.717, 1.165) is 48.3 Å². The molecule has 3 heterocycles. The molecule has 4 nitrogen and oxygen atoms in total. The highest BCUT2D eigenvalue weighted by Gasteiger charge is 2.22. The van der Waals surface area contributed by atoms with Crippen LogP contribution in [-0.2, 0) is 13.0 Å². The minimum Gasteiger partial charge on any atom is -0.369 e. The maximum Gasteiger partial charge on any atom is 0.190 e. The molecule has 0 radical (unpaired) electrons. The number of hydrogen-bond donors (Lipinski definition) is 1. The molecule has 0 saturated heterocycles. The number of hydrogen-bond acceptors (Lipinski definition) is 6. The fourth-order valence-electron chi connectivity index (χ4n) is 2.80. The van der Waals surface area contributed by atoms with E-state index in [2.05, 4.69) is 31.1 Å². The lowest BCUT2D eigenvalue weighted by atomic mass is 10.1. The van der Waals surface area contributed by atoms with Crippen LogP contribution in [0.15, 0.2) is 5.16 Å². The summed E-state index contributed by atoms with van der Waals surface area (Å²) < 4.78 is 0. The second kappa shape index (κ2) is 6.72. The molecule has 0 aromatic carbocycles. The van der Waals surface area contributed by atoms with Crippen molar-refractivity contribution in [3.63, 3.8) is 0 Å². The topological polar surface area (TPSA) is 41.1 Å². The lowest BCUT2D eigenvalue weighted by Gasteiger charge is -2.22. The predicted octanol–water partition coefficient (Wildman–Crippen LogP) is 3.86. The summed E-state index contributed by atoms with van der Waals surface area (Å²) in [5.74, 6) is 1.74. The number of fused-ring (bicyclic) bond motifs is 3. The molecule has 0 saturated carbocycles. The molecular weight excluding hydrogens is 312 g/mol. The SMILES string of the molecule is CSc1nc(NCCC(C)C)c2c3c(sc2n1)CN(C)CC3. The number of aromatic nitrogens is 2. The van der Waals surface area contributed by atoms with Gasteiger partial charge in [0.05, 0.1) is 5.39 Å². The molecule has 0 unspecified atom stereocenters. The van der Waals surface area contributed by atoms with E-state index in [-0.39, 0.29) is 0 Å². The molecule has 120 valence electrons. The van der Waals surface area contributed by atoms with Crippen LogP contribution in [0.25, 0.3) is 10.2 Å². The maximum atomic E-state index is 4.75. The number of thiophene rings is 1. The average Bonchev–Trinajstić information content (AvgIpc) is 2.83. The van der Waals surface area contributed by atoms with E-state index in [1.807, 2.05) is 17.6 Å². The van der Waals surface area contributed by atoms with Crippen molar-refractivity contribution >= 4 is 39.1 Å². The Labute approximate surface area is 140 Å². The number of rotatable bonds is 5. The summed E-state index contributed by atoms with van der Waals surface area (Å²) in [7, 11) is 2.19. The molecule has 0 amide bonds. The molecule has 0 atom stereocenters. The van der Waals surface area contributed by atoms with Crippen LogP contribution in [0.4, 0.5) is 5.82 Å². The van der Waals surface area contributed by atoms with Crippen LogP contribution in [-0.4, -0.2) is 41.3 Å². The fourth-order valence-corrected chi connectivity index (χ4v) is 4.52. The maximum absolute atomic E-state index is 4.75. The summed E-state index contributed by atoms with van der Waals surface area (Å²) in [5.41, 5.74) is 1.47. The van der Waals surface area contributed by atoms with Gasteiger partial charge in [0.1, 0.15) is 10.6 Å². The third-order valence-corrected chi connectivity index (χ3v) is 5.73. The van der Waals surface area contributed by atoms with Gasteiger partial charge in [-0.25, -0.2) is 9.97 Å². The number of nitrogens with one attached hydrogen (secondary N) is 1. The zero-order valence-corrected chi connectivity index (χ0v) is 15.4. The third kappa shape index (κ3) is 3.24. The van der Waals surface area contributed by atoms with E-state index in [1.54, 1.807) is 11.8 Å². The molecule has 1 aliphatic rings. The van der Waals surface area contributed by atoms with Gasteiger partial charge in [-0.1, -0.05) is 25.6 Å². The van der Waals surface area contributed by atoms with Crippen LogP contribution in [0.5, 0.6) is 0 Å². The van der Waals surface area contributed by atoms with Gasteiger partial charge < -0.3 is 10.2 Å². The Morgan fingerprint density at radius 1 is 1.36 bits per heavy atom. The Morgan fingerprint density at radius 3 is 2.91 bits per heavy atom. The van der Waals surface area contributed by atoms with Crippen molar-refractivity contribution in [1.82, 2.24) is 14.9 Å². The van der Waals surface area contributed by atoms with Gasteiger partial charge in [0.2, 0.25) is 0 Å². The molecule has 3 rings (SSSR count). The van der Waals surface area contributed by atoms with E-state index in [0.29, 0.717) is 5.92 Å². The first-order valence-corrected chi connectivity index (χ1v) is 9.91. The summed E-state index contributed by atoms with van der Waals surface area (Å²) in [5, 5.41) is 5.71. The highest BCUT2D eigenvalue weighted by atomic mass is 32.2. The van der Waals surface area contributed by atoms with E-state index in [1.165, 1.54) is 15.8 Å². The number of nitrogens with zero attached hydrogens (tertiary/aromatic N) is 3. The van der Waals surface area contributed by atoms with Gasteiger partial charge >= 0.3 is 0 Å². The highest BCUT2D eigenvalue weighted by Crippen LogP contribution is 2.38. The molecule has 0 aliphatic carbocycles. The van der Waals surface area contributed by atoms with Gasteiger partial charge in [0.25, 0.3) is 0 Å². The summed E-state index contributed by atoms with van der Waals surface area (Å²) in [4.78, 5) is 14.5. The van der Waals surface area contributed by atoms with Crippen LogP contribution in [0.1, 0.15) is 30.7 Å². The van der Waals surface area contributed by atoms with E-state index in [9.17, 15) is 0 Å². The largest absolute Gasteiger partial charge is 0.369 e. The van der Waals surface area contributed by atoms with Crippen LogP contribution in [0, 0.1) is 5.92 Å². The Morgan fingerprint density at radius 2 is 2.18 bits per heavy atom. The monoisotopic (exact) mass is 336 g/mol.